The molecular formula is C57H76N4O3. The summed E-state index contributed by atoms with van der Waals surface area (Å²) in [5.74, 6) is 0.795. The fourth-order valence-electron chi connectivity index (χ4n) is 8.74. The Balaban J connectivity index is 1.72. The Kier molecular flexibility index (Phi) is 12.5. The van der Waals surface area contributed by atoms with Gasteiger partial charge in [-0.1, -0.05) is 143 Å². The number of fused-ring (bicyclic) bond motifs is 3. The van der Waals surface area contributed by atoms with Gasteiger partial charge in [-0.05, 0) is 108 Å². The van der Waals surface area contributed by atoms with E-state index in [-0.39, 0.29) is 49.7 Å². The molecule has 0 aliphatic rings. The standard InChI is InChI=1S/C57H76N4O3/c1-52(2,3)36-25-34(50(63)43(28-36)56(13,14)15)32-61(33-35-26-37(53(4,5)6)29-44(51(35)64)57(16,17)18)49-40-22-20-24-59-47(40)46-39(21-19-23-58-46)48(49)60-31-41-42(55(10,11)12)27-38(30-45(41)62)54(7,8)9/h19-30,60,62-64H,31-33H2,1-18H3. The number of rotatable bonds is 8. The summed E-state index contributed by atoms with van der Waals surface area (Å²) in [5, 5.41) is 42.4. The summed E-state index contributed by atoms with van der Waals surface area (Å²) < 4.78 is 0. The van der Waals surface area contributed by atoms with Gasteiger partial charge < -0.3 is 25.5 Å². The van der Waals surface area contributed by atoms with Crippen LogP contribution in [0.15, 0.2) is 73.1 Å². The highest BCUT2D eigenvalue weighted by molar-refractivity contribution is 6.17. The summed E-state index contributed by atoms with van der Waals surface area (Å²) in [5.41, 5.74) is 10.3. The maximum atomic E-state index is 12.4. The van der Waals surface area contributed by atoms with Crippen LogP contribution in [0.5, 0.6) is 17.2 Å². The van der Waals surface area contributed by atoms with Gasteiger partial charge in [0.1, 0.15) is 17.2 Å². The number of hydrogen-bond donors (Lipinski definition) is 4. The lowest BCUT2D eigenvalue weighted by atomic mass is 9.78. The first kappa shape index (κ1) is 48.2. The van der Waals surface area contributed by atoms with Crippen molar-refractivity contribution < 1.29 is 15.3 Å². The van der Waals surface area contributed by atoms with E-state index in [9.17, 15) is 15.3 Å². The number of anilines is 2. The fraction of sp³-hybridized carbons (Fsp3) is 0.474. The van der Waals surface area contributed by atoms with Crippen LogP contribution >= 0.6 is 0 Å². The number of aromatic nitrogens is 2. The Morgan fingerprint density at radius 1 is 0.484 bits per heavy atom. The molecule has 0 atom stereocenters. The Labute approximate surface area is 384 Å². The lowest BCUT2D eigenvalue weighted by molar-refractivity contribution is 0.434. The van der Waals surface area contributed by atoms with E-state index >= 15 is 0 Å². The van der Waals surface area contributed by atoms with Crippen LogP contribution in [0, 0.1) is 0 Å². The average molecular weight is 865 g/mol. The van der Waals surface area contributed by atoms with E-state index in [0.29, 0.717) is 19.6 Å². The zero-order chi connectivity index (χ0) is 47.7. The number of hydrogen-bond acceptors (Lipinski definition) is 7. The summed E-state index contributed by atoms with van der Waals surface area (Å²) in [6.45, 7) is 40.2. The predicted molar refractivity (Wildman–Crippen MR) is 271 cm³/mol. The van der Waals surface area contributed by atoms with Gasteiger partial charge in [-0.2, -0.15) is 0 Å². The zero-order valence-corrected chi connectivity index (χ0v) is 42.2. The number of nitrogens with one attached hydrogen (secondary N) is 1. The van der Waals surface area contributed by atoms with E-state index in [1.165, 1.54) is 0 Å². The van der Waals surface area contributed by atoms with Gasteiger partial charge in [-0.3, -0.25) is 9.97 Å². The lowest BCUT2D eigenvalue weighted by Gasteiger charge is -2.34. The molecule has 342 valence electrons. The SMILES string of the molecule is CC(C)(C)c1cc(CN(Cc2cc(C(C)(C)C)cc(C(C)(C)C)c2O)c2c(NCc3c(O)cc(C(C)(C)C)cc3C(C)(C)C)c3cccnc3c3ncccc23)c(O)c(C(C)(C)C)c1. The number of benzene rings is 4. The van der Waals surface area contributed by atoms with Crippen molar-refractivity contribution >= 4 is 33.2 Å². The van der Waals surface area contributed by atoms with Crippen molar-refractivity contribution in [1.29, 1.82) is 0 Å². The Bertz CT molecular complexity index is 2620. The van der Waals surface area contributed by atoms with E-state index in [0.717, 1.165) is 83.3 Å². The maximum absolute atomic E-state index is 12.4. The number of aromatic hydroxyl groups is 3. The second kappa shape index (κ2) is 16.6. The molecule has 4 N–H and O–H groups in total. The van der Waals surface area contributed by atoms with Crippen LogP contribution < -0.4 is 10.2 Å². The molecule has 0 bridgehead atoms. The number of phenolic OH excluding ortho intramolecular Hbond substituents is 3. The zero-order valence-electron chi connectivity index (χ0n) is 42.2. The van der Waals surface area contributed by atoms with Gasteiger partial charge >= 0.3 is 0 Å². The number of phenols is 3. The highest BCUT2D eigenvalue weighted by atomic mass is 16.3. The van der Waals surface area contributed by atoms with Gasteiger partial charge in [0.25, 0.3) is 0 Å². The van der Waals surface area contributed by atoms with Crippen molar-refractivity contribution in [3.05, 3.63) is 123 Å². The molecule has 0 amide bonds. The molecule has 6 rings (SSSR count). The van der Waals surface area contributed by atoms with Crippen molar-refractivity contribution in [3.63, 3.8) is 0 Å². The van der Waals surface area contributed by atoms with Gasteiger partial charge in [0.05, 0.1) is 22.4 Å². The minimum Gasteiger partial charge on any atom is -0.508 e. The molecule has 64 heavy (non-hydrogen) atoms. The van der Waals surface area contributed by atoms with Gasteiger partial charge in [-0.15, -0.1) is 0 Å². The summed E-state index contributed by atoms with van der Waals surface area (Å²) in [7, 11) is 0. The van der Waals surface area contributed by atoms with Crippen LogP contribution in [0.4, 0.5) is 11.4 Å². The molecule has 7 nitrogen and oxygen atoms in total. The van der Waals surface area contributed by atoms with Crippen LogP contribution in [-0.2, 0) is 52.1 Å². The molecule has 0 radical (unpaired) electrons. The third kappa shape index (κ3) is 9.84. The summed E-state index contributed by atoms with van der Waals surface area (Å²) >= 11 is 0. The van der Waals surface area contributed by atoms with Gasteiger partial charge in [0, 0.05) is 59.5 Å². The quantitative estimate of drug-likeness (QED) is 0.0893. The predicted octanol–water partition coefficient (Wildman–Crippen LogP) is 14.5. The Morgan fingerprint density at radius 3 is 1.30 bits per heavy atom. The molecular weight excluding hydrogens is 789 g/mol. The monoisotopic (exact) mass is 865 g/mol. The molecule has 0 aliphatic carbocycles. The molecule has 0 spiro atoms. The second-order valence-electron chi connectivity index (χ2n) is 24.3. The topological polar surface area (TPSA) is 102 Å². The van der Waals surface area contributed by atoms with Crippen LogP contribution in [0.2, 0.25) is 0 Å². The van der Waals surface area contributed by atoms with Crippen molar-refractivity contribution in [2.45, 2.75) is 177 Å². The Hall–Kier alpha value is -5.30. The van der Waals surface area contributed by atoms with Crippen LogP contribution in [0.1, 0.15) is 175 Å². The molecule has 0 saturated carbocycles. The summed E-state index contributed by atoms with van der Waals surface area (Å²) in [6, 6.07) is 20.9. The number of nitrogens with zero attached hydrogens (tertiary/aromatic N) is 3. The fourth-order valence-corrected chi connectivity index (χ4v) is 8.74. The molecule has 2 heterocycles. The van der Waals surface area contributed by atoms with E-state index < -0.39 is 0 Å². The molecule has 0 fully saturated rings. The third-order valence-electron chi connectivity index (χ3n) is 12.7. The molecule has 2 aromatic heterocycles. The summed E-state index contributed by atoms with van der Waals surface area (Å²) in [4.78, 5) is 12.2. The lowest BCUT2D eigenvalue weighted by Crippen LogP contribution is -2.27. The normalized spacial score (nSPS) is 13.2. The summed E-state index contributed by atoms with van der Waals surface area (Å²) in [6.07, 6.45) is 3.62. The van der Waals surface area contributed by atoms with Crippen LogP contribution in [0.3, 0.4) is 0 Å². The van der Waals surface area contributed by atoms with Crippen molar-refractivity contribution in [1.82, 2.24) is 9.97 Å². The first-order chi connectivity index (χ1) is 29.3. The first-order valence-electron chi connectivity index (χ1n) is 23.0. The second-order valence-corrected chi connectivity index (χ2v) is 24.3. The maximum Gasteiger partial charge on any atom is 0.124 e. The minimum absolute atomic E-state index is 0.157. The average Bonchev–Trinajstić information content (AvgIpc) is 3.15. The third-order valence-corrected chi connectivity index (χ3v) is 12.7. The van der Waals surface area contributed by atoms with Crippen LogP contribution in [-0.4, -0.2) is 25.3 Å². The Morgan fingerprint density at radius 2 is 0.875 bits per heavy atom. The first-order valence-corrected chi connectivity index (χ1v) is 23.0. The van der Waals surface area contributed by atoms with Crippen LogP contribution in [0.25, 0.3) is 21.8 Å². The van der Waals surface area contributed by atoms with E-state index in [1.807, 2.05) is 24.4 Å². The van der Waals surface area contributed by atoms with Gasteiger partial charge in [-0.25, -0.2) is 0 Å². The smallest absolute Gasteiger partial charge is 0.124 e. The van der Waals surface area contributed by atoms with E-state index in [4.69, 9.17) is 9.97 Å². The molecule has 0 saturated heterocycles. The highest BCUT2D eigenvalue weighted by Gasteiger charge is 2.32. The van der Waals surface area contributed by atoms with E-state index in [1.54, 1.807) is 6.20 Å². The van der Waals surface area contributed by atoms with Crippen molar-refractivity contribution in [2.24, 2.45) is 0 Å². The number of pyridine rings is 2. The molecule has 0 unspecified atom stereocenters. The van der Waals surface area contributed by atoms with Crippen molar-refractivity contribution in [2.75, 3.05) is 10.2 Å². The molecule has 4 aromatic carbocycles. The largest absolute Gasteiger partial charge is 0.508 e. The minimum atomic E-state index is -0.334. The van der Waals surface area contributed by atoms with Gasteiger partial charge in [0.2, 0.25) is 0 Å². The van der Waals surface area contributed by atoms with Crippen molar-refractivity contribution in [3.8, 4) is 17.2 Å². The molecule has 0 aliphatic heterocycles. The molecule has 7 heteroatoms. The molecule has 6 aromatic rings. The van der Waals surface area contributed by atoms with E-state index in [2.05, 4.69) is 177 Å². The van der Waals surface area contributed by atoms with Gasteiger partial charge in [0.15, 0.2) is 0 Å². The highest BCUT2D eigenvalue weighted by Crippen LogP contribution is 2.47.